The maximum atomic E-state index is 5.59. The fraction of sp³-hybridized carbons (Fsp3) is 1.00. The van der Waals surface area contributed by atoms with Gasteiger partial charge in [-0.1, -0.05) is 0 Å². The van der Waals surface area contributed by atoms with Crippen LogP contribution in [0.3, 0.4) is 0 Å². The quantitative estimate of drug-likeness (QED) is 0.651. The van der Waals surface area contributed by atoms with Gasteiger partial charge in [0.05, 0.1) is 13.2 Å². The van der Waals surface area contributed by atoms with Gasteiger partial charge < -0.3 is 18.9 Å². The van der Waals surface area contributed by atoms with Crippen molar-refractivity contribution in [2.75, 3.05) is 20.3 Å². The summed E-state index contributed by atoms with van der Waals surface area (Å²) in [4.78, 5) is 0. The summed E-state index contributed by atoms with van der Waals surface area (Å²) in [5.41, 5.74) is 0. The molecule has 1 rings (SSSR count). The Labute approximate surface area is 85.5 Å². The minimum atomic E-state index is -0.559. The Balaban J connectivity index is 2.27. The largest absolute Gasteiger partial charge is 0.354 e. The smallest absolute Gasteiger partial charge is 0.163 e. The SMILES string of the molecule is COC(C)(C)OC[C@@H]1COC(C)(C)O1. The minimum Gasteiger partial charge on any atom is -0.354 e. The molecular formula is C10H20O4. The predicted octanol–water partition coefficient (Wildman–Crippen LogP) is 1.54. The van der Waals surface area contributed by atoms with E-state index in [1.807, 2.05) is 27.7 Å². The predicted molar refractivity (Wildman–Crippen MR) is 51.9 cm³/mol. The molecule has 0 aliphatic carbocycles. The van der Waals surface area contributed by atoms with Gasteiger partial charge in [-0.3, -0.25) is 0 Å². The molecule has 14 heavy (non-hydrogen) atoms. The molecular weight excluding hydrogens is 184 g/mol. The van der Waals surface area contributed by atoms with Gasteiger partial charge in [0.1, 0.15) is 6.10 Å². The van der Waals surface area contributed by atoms with E-state index >= 15 is 0 Å². The molecule has 0 aromatic rings. The summed E-state index contributed by atoms with van der Waals surface area (Å²) < 4.78 is 21.7. The van der Waals surface area contributed by atoms with Gasteiger partial charge in [-0.2, -0.15) is 0 Å². The summed E-state index contributed by atoms with van der Waals surface area (Å²) >= 11 is 0. The lowest BCUT2D eigenvalue weighted by Gasteiger charge is -2.25. The van der Waals surface area contributed by atoms with Crippen LogP contribution in [0.2, 0.25) is 0 Å². The van der Waals surface area contributed by atoms with Crippen LogP contribution in [-0.4, -0.2) is 38.0 Å². The normalized spacial score (nSPS) is 26.8. The fourth-order valence-electron chi connectivity index (χ4n) is 1.20. The second kappa shape index (κ2) is 4.14. The van der Waals surface area contributed by atoms with Crippen LogP contribution >= 0.6 is 0 Å². The van der Waals surface area contributed by atoms with Crippen molar-refractivity contribution in [1.29, 1.82) is 0 Å². The second-order valence-corrected chi connectivity index (χ2v) is 4.37. The molecule has 0 unspecified atom stereocenters. The molecule has 0 radical (unpaired) electrons. The van der Waals surface area contributed by atoms with Crippen LogP contribution in [0.1, 0.15) is 27.7 Å². The summed E-state index contributed by atoms with van der Waals surface area (Å²) in [5.74, 6) is -1.04. The zero-order valence-corrected chi connectivity index (χ0v) is 9.62. The standard InChI is InChI=1S/C10H20O4/c1-9(2,11-5)12-6-8-7-13-10(3,4)14-8/h8H,6-7H2,1-5H3/t8-/m1/s1. The van der Waals surface area contributed by atoms with E-state index in [4.69, 9.17) is 18.9 Å². The van der Waals surface area contributed by atoms with Gasteiger partial charge in [0.2, 0.25) is 0 Å². The molecule has 84 valence electrons. The Hall–Kier alpha value is -0.160. The lowest BCUT2D eigenvalue weighted by atomic mass is 10.3. The van der Waals surface area contributed by atoms with E-state index in [1.165, 1.54) is 0 Å². The number of hydrogen-bond acceptors (Lipinski definition) is 4. The molecule has 1 saturated heterocycles. The molecule has 1 fully saturated rings. The van der Waals surface area contributed by atoms with Crippen LogP contribution in [0.15, 0.2) is 0 Å². The van der Waals surface area contributed by atoms with Gasteiger partial charge in [-0.05, 0) is 27.7 Å². The first kappa shape index (κ1) is 11.9. The highest BCUT2D eigenvalue weighted by Gasteiger charge is 2.33. The Morgan fingerprint density at radius 1 is 1.43 bits per heavy atom. The lowest BCUT2D eigenvalue weighted by molar-refractivity contribution is -0.217. The van der Waals surface area contributed by atoms with E-state index in [1.54, 1.807) is 7.11 Å². The third kappa shape index (κ3) is 3.53. The number of hydrogen-bond donors (Lipinski definition) is 0. The van der Waals surface area contributed by atoms with Crippen LogP contribution in [-0.2, 0) is 18.9 Å². The highest BCUT2D eigenvalue weighted by molar-refractivity contribution is 4.71. The molecule has 0 spiro atoms. The van der Waals surface area contributed by atoms with E-state index in [-0.39, 0.29) is 6.10 Å². The molecule has 1 heterocycles. The number of rotatable bonds is 4. The average molecular weight is 204 g/mol. The highest BCUT2D eigenvalue weighted by atomic mass is 16.8. The van der Waals surface area contributed by atoms with Crippen molar-refractivity contribution in [2.24, 2.45) is 0 Å². The van der Waals surface area contributed by atoms with Crippen molar-refractivity contribution in [3.63, 3.8) is 0 Å². The summed E-state index contributed by atoms with van der Waals surface area (Å²) in [6.45, 7) is 8.60. The number of methoxy groups -OCH3 is 1. The van der Waals surface area contributed by atoms with Crippen molar-refractivity contribution >= 4 is 0 Å². The lowest BCUT2D eigenvalue weighted by Crippen LogP contribution is -2.32. The minimum absolute atomic E-state index is 0.000532. The summed E-state index contributed by atoms with van der Waals surface area (Å²) in [7, 11) is 1.62. The van der Waals surface area contributed by atoms with Crippen molar-refractivity contribution in [2.45, 2.75) is 45.4 Å². The van der Waals surface area contributed by atoms with Crippen LogP contribution in [0.5, 0.6) is 0 Å². The molecule has 1 aliphatic rings. The molecule has 0 aromatic heterocycles. The van der Waals surface area contributed by atoms with Crippen LogP contribution in [0, 0.1) is 0 Å². The van der Waals surface area contributed by atoms with Gasteiger partial charge in [-0.15, -0.1) is 0 Å². The third-order valence-corrected chi connectivity index (χ3v) is 2.18. The average Bonchev–Trinajstić information content (AvgIpc) is 2.43. The third-order valence-electron chi connectivity index (χ3n) is 2.18. The van der Waals surface area contributed by atoms with Crippen molar-refractivity contribution in [1.82, 2.24) is 0 Å². The first-order valence-electron chi connectivity index (χ1n) is 4.85. The summed E-state index contributed by atoms with van der Waals surface area (Å²) in [6.07, 6.45) is -0.000532. The van der Waals surface area contributed by atoms with Crippen LogP contribution in [0.25, 0.3) is 0 Å². The Kier molecular flexibility index (Phi) is 3.53. The fourth-order valence-corrected chi connectivity index (χ4v) is 1.20. The molecule has 0 saturated carbocycles. The van der Waals surface area contributed by atoms with E-state index in [2.05, 4.69) is 0 Å². The van der Waals surface area contributed by atoms with Crippen LogP contribution < -0.4 is 0 Å². The monoisotopic (exact) mass is 204 g/mol. The van der Waals surface area contributed by atoms with Crippen molar-refractivity contribution in [3.05, 3.63) is 0 Å². The first-order valence-corrected chi connectivity index (χ1v) is 4.85. The Morgan fingerprint density at radius 3 is 2.50 bits per heavy atom. The maximum absolute atomic E-state index is 5.59. The van der Waals surface area contributed by atoms with Gasteiger partial charge in [0.15, 0.2) is 11.6 Å². The molecule has 0 aromatic carbocycles. The molecule has 4 heteroatoms. The first-order chi connectivity index (χ1) is 6.35. The zero-order chi connectivity index (χ0) is 10.8. The van der Waals surface area contributed by atoms with E-state index in [0.717, 1.165) is 0 Å². The van der Waals surface area contributed by atoms with E-state index < -0.39 is 11.6 Å². The van der Waals surface area contributed by atoms with Gasteiger partial charge in [-0.25, -0.2) is 0 Å². The maximum Gasteiger partial charge on any atom is 0.163 e. The molecule has 0 N–H and O–H groups in total. The zero-order valence-electron chi connectivity index (χ0n) is 9.62. The summed E-state index contributed by atoms with van der Waals surface area (Å²) in [5, 5.41) is 0. The topological polar surface area (TPSA) is 36.9 Å². The highest BCUT2D eigenvalue weighted by Crippen LogP contribution is 2.23. The Morgan fingerprint density at radius 2 is 2.07 bits per heavy atom. The second-order valence-electron chi connectivity index (χ2n) is 4.37. The van der Waals surface area contributed by atoms with Gasteiger partial charge in [0, 0.05) is 7.11 Å². The molecule has 1 atom stereocenters. The molecule has 0 bridgehead atoms. The molecule has 0 amide bonds. The van der Waals surface area contributed by atoms with Crippen molar-refractivity contribution in [3.8, 4) is 0 Å². The molecule has 4 nitrogen and oxygen atoms in total. The van der Waals surface area contributed by atoms with Gasteiger partial charge >= 0.3 is 0 Å². The van der Waals surface area contributed by atoms with E-state index in [0.29, 0.717) is 13.2 Å². The van der Waals surface area contributed by atoms with Crippen LogP contribution in [0.4, 0.5) is 0 Å². The number of ether oxygens (including phenoxy) is 4. The Bertz CT molecular complexity index is 189. The van der Waals surface area contributed by atoms with Crippen molar-refractivity contribution < 1.29 is 18.9 Å². The van der Waals surface area contributed by atoms with Gasteiger partial charge in [0.25, 0.3) is 0 Å². The summed E-state index contributed by atoms with van der Waals surface area (Å²) in [6, 6.07) is 0. The molecule has 1 aliphatic heterocycles. The van der Waals surface area contributed by atoms with E-state index in [9.17, 15) is 0 Å².